The Kier molecular flexibility index (Phi) is 6.63. The van der Waals surface area contributed by atoms with Crippen molar-refractivity contribution in [1.82, 2.24) is 4.90 Å². The van der Waals surface area contributed by atoms with Crippen LogP contribution in [0.4, 0.5) is 14.9 Å². The van der Waals surface area contributed by atoms with Crippen LogP contribution >= 0.6 is 0 Å². The van der Waals surface area contributed by atoms with Gasteiger partial charge in [-0.25, -0.2) is 9.18 Å². The number of hydrogen-bond donors (Lipinski definition) is 3. The van der Waals surface area contributed by atoms with Gasteiger partial charge in [0.15, 0.2) is 0 Å². The topological polar surface area (TPSA) is 120 Å². The third kappa shape index (κ3) is 4.64. The Morgan fingerprint density at radius 2 is 1.94 bits per heavy atom. The molecule has 2 aliphatic heterocycles. The Labute approximate surface area is 195 Å². The summed E-state index contributed by atoms with van der Waals surface area (Å²) in [4.78, 5) is 26.2. The highest BCUT2D eigenvalue weighted by Crippen LogP contribution is 2.38. The van der Waals surface area contributed by atoms with Crippen molar-refractivity contribution in [2.24, 2.45) is 0 Å². The number of hydrogen-bond acceptors (Lipinski definition) is 6. The molecule has 10 heteroatoms. The molecule has 2 aromatic rings. The minimum atomic E-state index is -1.65. The normalized spacial score (nSPS) is 22.4. The fourth-order valence-corrected chi connectivity index (χ4v) is 4.34. The average molecular weight is 474 g/mol. The van der Waals surface area contributed by atoms with Gasteiger partial charge in [-0.3, -0.25) is 4.79 Å². The molecule has 0 aliphatic carbocycles. The number of carbonyl (C=O) groups excluding carboxylic acids is 1. The average Bonchev–Trinajstić information content (AvgIpc) is 2.82. The number of nitrogens with zero attached hydrogens (tertiary/aromatic N) is 2. The van der Waals surface area contributed by atoms with E-state index in [1.807, 2.05) is 0 Å². The van der Waals surface area contributed by atoms with Crippen LogP contribution in [0.2, 0.25) is 0 Å². The summed E-state index contributed by atoms with van der Waals surface area (Å²) in [5, 5.41) is 30.3. The lowest BCUT2D eigenvalue weighted by molar-refractivity contribution is -0.132. The Balaban J connectivity index is 1.55. The molecule has 2 aliphatic rings. The van der Waals surface area contributed by atoms with E-state index in [0.717, 1.165) is 10.5 Å². The van der Waals surface area contributed by atoms with Crippen molar-refractivity contribution in [3.05, 3.63) is 53.3 Å². The number of aliphatic hydroxyl groups excluding tert-OH is 1. The van der Waals surface area contributed by atoms with Crippen LogP contribution in [-0.2, 0) is 17.8 Å². The Hall–Kier alpha value is -3.37. The van der Waals surface area contributed by atoms with Crippen molar-refractivity contribution < 1.29 is 38.8 Å². The second-order valence-corrected chi connectivity index (χ2v) is 8.59. The second-order valence-electron chi connectivity index (χ2n) is 8.59. The van der Waals surface area contributed by atoms with Gasteiger partial charge < -0.3 is 34.6 Å². The lowest BCUT2D eigenvalue weighted by atomic mass is 9.89. The summed E-state index contributed by atoms with van der Waals surface area (Å²) in [5.41, 5.74) is -0.206. The van der Waals surface area contributed by atoms with Gasteiger partial charge in [0.05, 0.1) is 25.9 Å². The first-order chi connectivity index (χ1) is 16.2. The van der Waals surface area contributed by atoms with Crippen molar-refractivity contribution in [2.45, 2.75) is 37.5 Å². The Bertz CT molecular complexity index is 1080. The first-order valence-corrected chi connectivity index (χ1v) is 11.0. The molecule has 2 aromatic carbocycles. The van der Waals surface area contributed by atoms with Gasteiger partial charge >= 0.3 is 6.09 Å². The molecule has 9 nitrogen and oxygen atoms in total. The second kappa shape index (κ2) is 9.47. The maximum Gasteiger partial charge on any atom is 0.407 e. The molecule has 34 heavy (non-hydrogen) atoms. The van der Waals surface area contributed by atoms with Gasteiger partial charge in [0.25, 0.3) is 0 Å². The fraction of sp³-hybridized carbons (Fsp3) is 0.417. The number of likely N-dealkylation sites (tertiary alicyclic amines) is 1. The Morgan fingerprint density at radius 3 is 2.59 bits per heavy atom. The molecular formula is C24H27FN2O7. The lowest BCUT2D eigenvalue weighted by Gasteiger charge is -2.40. The lowest BCUT2D eigenvalue weighted by Crippen LogP contribution is -2.59. The molecule has 0 spiro atoms. The van der Waals surface area contributed by atoms with E-state index < -0.39 is 23.6 Å². The highest BCUT2D eigenvalue weighted by Gasteiger charge is 2.43. The summed E-state index contributed by atoms with van der Waals surface area (Å²) in [5.74, 6) is 0.210. The van der Waals surface area contributed by atoms with Crippen molar-refractivity contribution in [1.29, 1.82) is 0 Å². The molecule has 2 heterocycles. The summed E-state index contributed by atoms with van der Waals surface area (Å²) in [6.07, 6.45) is -2.07. The minimum absolute atomic E-state index is 0.00800. The van der Waals surface area contributed by atoms with Crippen LogP contribution in [0.3, 0.4) is 0 Å². The van der Waals surface area contributed by atoms with Crippen LogP contribution in [0.15, 0.2) is 36.4 Å². The molecule has 1 saturated heterocycles. The van der Waals surface area contributed by atoms with Gasteiger partial charge in [0, 0.05) is 18.5 Å². The van der Waals surface area contributed by atoms with Gasteiger partial charge in [0.2, 0.25) is 5.91 Å². The first kappa shape index (κ1) is 23.8. The maximum absolute atomic E-state index is 14.9. The summed E-state index contributed by atoms with van der Waals surface area (Å²) in [7, 11) is 1.56. The van der Waals surface area contributed by atoms with Crippen molar-refractivity contribution in [3.8, 4) is 11.5 Å². The number of piperidine rings is 1. The molecule has 2 atom stereocenters. The summed E-state index contributed by atoms with van der Waals surface area (Å²) >= 11 is 0. The predicted molar refractivity (Wildman–Crippen MR) is 120 cm³/mol. The van der Waals surface area contributed by atoms with E-state index >= 15 is 0 Å². The van der Waals surface area contributed by atoms with E-state index in [1.54, 1.807) is 31.4 Å². The highest BCUT2D eigenvalue weighted by molar-refractivity contribution is 5.97. The number of carboxylic acid groups (broad SMARTS) is 1. The largest absolute Gasteiger partial charge is 0.497 e. The molecule has 2 amide bonds. The van der Waals surface area contributed by atoms with Crippen LogP contribution in [0.5, 0.6) is 11.5 Å². The van der Waals surface area contributed by atoms with E-state index in [1.165, 1.54) is 17.0 Å². The van der Waals surface area contributed by atoms with Gasteiger partial charge in [-0.2, -0.15) is 0 Å². The number of methoxy groups -OCH3 is 1. The Morgan fingerprint density at radius 1 is 1.21 bits per heavy atom. The zero-order valence-corrected chi connectivity index (χ0v) is 18.7. The quantitative estimate of drug-likeness (QED) is 0.587. The van der Waals surface area contributed by atoms with Crippen LogP contribution in [0.25, 0.3) is 0 Å². The van der Waals surface area contributed by atoms with Gasteiger partial charge in [-0.05, 0) is 42.7 Å². The van der Waals surface area contributed by atoms with E-state index in [0.29, 0.717) is 17.1 Å². The van der Waals surface area contributed by atoms with Crippen LogP contribution in [-0.4, -0.2) is 70.7 Å². The standard InChI is InChI=1S/C24H27FN2O7/c1-33-16-4-2-15(3-5-16)12-27-21(29)9-6-17-19(8-7-18(25)22(17)27)34-14-24(32)10-11-26(23(30)31)13-20(24)28/h2-5,7-8,20,28,32H,6,9-14H2,1H3,(H,30,31)/t20-,24-/m1/s1. The van der Waals surface area contributed by atoms with Crippen LogP contribution in [0.1, 0.15) is 24.0 Å². The number of fused-ring (bicyclic) bond motifs is 1. The number of rotatable bonds is 6. The zero-order valence-electron chi connectivity index (χ0n) is 18.7. The molecule has 4 rings (SSSR count). The number of halogens is 1. The molecule has 182 valence electrons. The van der Waals surface area contributed by atoms with Crippen LogP contribution in [0, 0.1) is 5.82 Å². The first-order valence-electron chi connectivity index (χ1n) is 11.0. The monoisotopic (exact) mass is 474 g/mol. The number of benzene rings is 2. The molecule has 0 radical (unpaired) electrons. The van der Waals surface area contributed by atoms with Gasteiger partial charge in [-0.1, -0.05) is 12.1 Å². The molecule has 1 fully saturated rings. The molecule has 0 saturated carbocycles. The third-order valence-electron chi connectivity index (χ3n) is 6.43. The summed E-state index contributed by atoms with van der Waals surface area (Å²) < 4.78 is 25.9. The molecular weight excluding hydrogens is 447 g/mol. The number of ether oxygens (including phenoxy) is 2. The summed E-state index contributed by atoms with van der Waals surface area (Å²) in [6.45, 7) is -0.311. The van der Waals surface area contributed by atoms with Gasteiger partial charge in [-0.15, -0.1) is 0 Å². The smallest absolute Gasteiger partial charge is 0.407 e. The van der Waals surface area contributed by atoms with Crippen LogP contribution < -0.4 is 14.4 Å². The van der Waals surface area contributed by atoms with E-state index in [9.17, 15) is 24.2 Å². The van der Waals surface area contributed by atoms with Crippen molar-refractivity contribution >= 4 is 17.7 Å². The zero-order chi connectivity index (χ0) is 24.5. The molecule has 0 aromatic heterocycles. The SMILES string of the molecule is COc1ccc(CN2C(=O)CCc3c(OC[C@]4(O)CCN(C(=O)O)C[C@H]4O)ccc(F)c32)cc1. The molecule has 0 unspecified atom stereocenters. The predicted octanol–water partition coefficient (Wildman–Crippen LogP) is 2.17. The number of β-amino-alcohol motifs (C(OH)–C–C–N with tert-alkyl or cyclic N) is 1. The van der Waals surface area contributed by atoms with E-state index in [2.05, 4.69) is 0 Å². The number of carbonyl (C=O) groups is 2. The van der Waals surface area contributed by atoms with E-state index in [4.69, 9.17) is 14.6 Å². The minimum Gasteiger partial charge on any atom is -0.497 e. The molecule has 3 N–H and O–H groups in total. The summed E-state index contributed by atoms with van der Waals surface area (Å²) in [6, 6.07) is 9.79. The van der Waals surface area contributed by atoms with Crippen molar-refractivity contribution in [2.75, 3.05) is 31.7 Å². The maximum atomic E-state index is 14.9. The van der Waals surface area contributed by atoms with E-state index in [-0.39, 0.29) is 57.1 Å². The van der Waals surface area contributed by atoms with Gasteiger partial charge in [0.1, 0.15) is 35.6 Å². The number of amides is 2. The van der Waals surface area contributed by atoms with Crippen molar-refractivity contribution in [3.63, 3.8) is 0 Å². The third-order valence-corrected chi connectivity index (χ3v) is 6.43. The number of anilines is 1. The fourth-order valence-electron chi connectivity index (χ4n) is 4.34. The number of aliphatic hydroxyl groups is 2. The molecule has 0 bridgehead atoms. The highest BCUT2D eigenvalue weighted by atomic mass is 19.1.